The Kier molecular flexibility index (Phi) is 5.77. The van der Waals surface area contributed by atoms with Crippen molar-refractivity contribution in [3.63, 3.8) is 0 Å². The van der Waals surface area contributed by atoms with Crippen LogP contribution in [0, 0.1) is 11.3 Å². The summed E-state index contributed by atoms with van der Waals surface area (Å²) in [6.45, 7) is 5.61. The minimum Gasteiger partial charge on any atom is -0.444 e. The van der Waals surface area contributed by atoms with E-state index in [1.807, 2.05) is 51.2 Å². The number of rotatable bonds is 4. The number of carbonyl (C=O) groups is 2. The Bertz CT molecular complexity index is 917. The lowest BCUT2D eigenvalue weighted by Gasteiger charge is -2.51. The zero-order chi connectivity index (χ0) is 22.1. The van der Waals surface area contributed by atoms with Gasteiger partial charge in [-0.3, -0.25) is 9.89 Å². The maximum Gasteiger partial charge on any atom is 0.407 e. The molecule has 166 valence electrons. The molecule has 0 bridgehead atoms. The molecule has 2 fully saturated rings. The maximum absolute atomic E-state index is 12.8. The number of nitrogens with one attached hydrogen (secondary N) is 3. The van der Waals surface area contributed by atoms with E-state index in [2.05, 4.69) is 20.8 Å². The molecule has 31 heavy (non-hydrogen) atoms. The van der Waals surface area contributed by atoms with Crippen molar-refractivity contribution in [1.29, 1.82) is 0 Å². The van der Waals surface area contributed by atoms with Gasteiger partial charge in [0.05, 0.1) is 6.20 Å². The first-order chi connectivity index (χ1) is 14.7. The fourth-order valence-corrected chi connectivity index (χ4v) is 4.86. The predicted molar refractivity (Wildman–Crippen MR) is 119 cm³/mol. The monoisotopic (exact) mass is 424 g/mol. The highest BCUT2D eigenvalue weighted by Crippen LogP contribution is 2.55. The molecule has 1 aromatic carbocycles. The Balaban J connectivity index is 1.24. The number of hydrogen-bond acceptors (Lipinski definition) is 4. The van der Waals surface area contributed by atoms with Gasteiger partial charge in [-0.25, -0.2) is 4.79 Å². The summed E-state index contributed by atoms with van der Waals surface area (Å²) in [6, 6.07) is 8.01. The molecule has 2 amide bonds. The van der Waals surface area contributed by atoms with E-state index >= 15 is 0 Å². The van der Waals surface area contributed by atoms with Crippen LogP contribution in [0.1, 0.15) is 59.3 Å². The van der Waals surface area contributed by atoms with Crippen molar-refractivity contribution in [1.82, 2.24) is 15.5 Å². The lowest BCUT2D eigenvalue weighted by molar-refractivity contribution is -0.128. The van der Waals surface area contributed by atoms with Crippen molar-refractivity contribution < 1.29 is 14.3 Å². The highest BCUT2D eigenvalue weighted by molar-refractivity contribution is 5.93. The summed E-state index contributed by atoms with van der Waals surface area (Å²) in [7, 11) is 0. The van der Waals surface area contributed by atoms with Crippen molar-refractivity contribution in [2.75, 3.05) is 5.32 Å². The minimum atomic E-state index is -0.480. The molecule has 1 heterocycles. The molecule has 2 aromatic rings. The summed E-state index contributed by atoms with van der Waals surface area (Å²) in [5.74, 6) is 0.164. The molecule has 4 rings (SSSR count). The van der Waals surface area contributed by atoms with Crippen molar-refractivity contribution in [3.05, 3.63) is 36.7 Å². The summed E-state index contributed by atoms with van der Waals surface area (Å²) in [5, 5.41) is 12.9. The summed E-state index contributed by atoms with van der Waals surface area (Å²) in [5.41, 5.74) is 2.61. The van der Waals surface area contributed by atoms with E-state index in [1.54, 1.807) is 6.20 Å². The topological polar surface area (TPSA) is 96.1 Å². The highest BCUT2D eigenvalue weighted by Gasteiger charge is 2.48. The number of anilines is 1. The molecule has 0 radical (unpaired) electrons. The molecule has 1 spiro atoms. The molecule has 2 saturated carbocycles. The third kappa shape index (κ3) is 5.27. The van der Waals surface area contributed by atoms with E-state index in [4.69, 9.17) is 4.74 Å². The van der Waals surface area contributed by atoms with Crippen molar-refractivity contribution in [3.8, 4) is 11.1 Å². The van der Waals surface area contributed by atoms with Gasteiger partial charge in [0.15, 0.2) is 0 Å². The SMILES string of the molecule is CC(C)(C)OC(=O)NC1CCC2(CC1)CC(C(=O)Nc1cccc(-c3cn[nH]c3)c1)C2. The Morgan fingerprint density at radius 3 is 2.55 bits per heavy atom. The van der Waals surface area contributed by atoms with Crippen LogP contribution in [0.5, 0.6) is 0 Å². The number of alkyl carbamates (subject to hydrolysis) is 1. The molecular formula is C24H32N4O3. The number of nitrogens with zero attached hydrogens (tertiary/aromatic N) is 1. The molecular weight excluding hydrogens is 392 g/mol. The number of carbonyl (C=O) groups excluding carboxylic acids is 2. The van der Waals surface area contributed by atoms with Crippen LogP contribution in [0.3, 0.4) is 0 Å². The maximum atomic E-state index is 12.8. The van der Waals surface area contributed by atoms with Gasteiger partial charge in [0, 0.05) is 29.4 Å². The van der Waals surface area contributed by atoms with Crippen molar-refractivity contribution in [2.24, 2.45) is 11.3 Å². The molecule has 2 aliphatic rings. The summed E-state index contributed by atoms with van der Waals surface area (Å²) >= 11 is 0. The number of amides is 2. The zero-order valence-electron chi connectivity index (χ0n) is 18.5. The number of aromatic nitrogens is 2. The Morgan fingerprint density at radius 1 is 1.16 bits per heavy atom. The van der Waals surface area contributed by atoms with E-state index in [0.29, 0.717) is 0 Å². The molecule has 2 aliphatic carbocycles. The van der Waals surface area contributed by atoms with E-state index in [1.165, 1.54) is 0 Å². The van der Waals surface area contributed by atoms with Gasteiger partial charge in [-0.05, 0) is 82.4 Å². The van der Waals surface area contributed by atoms with Crippen molar-refractivity contribution in [2.45, 2.75) is 70.9 Å². The van der Waals surface area contributed by atoms with Crippen LogP contribution in [-0.4, -0.2) is 33.8 Å². The predicted octanol–water partition coefficient (Wildman–Crippen LogP) is 4.88. The Hall–Kier alpha value is -2.83. The fraction of sp³-hybridized carbons (Fsp3) is 0.542. The first kappa shape index (κ1) is 21.4. The van der Waals surface area contributed by atoms with Gasteiger partial charge in [0.2, 0.25) is 5.91 Å². The van der Waals surface area contributed by atoms with E-state index in [-0.39, 0.29) is 29.4 Å². The molecule has 0 atom stereocenters. The van der Waals surface area contributed by atoms with Crippen LogP contribution in [0.2, 0.25) is 0 Å². The van der Waals surface area contributed by atoms with Crippen molar-refractivity contribution >= 4 is 17.7 Å². The van der Waals surface area contributed by atoms with Gasteiger partial charge in [0.1, 0.15) is 5.60 Å². The van der Waals surface area contributed by atoms with Crippen LogP contribution >= 0.6 is 0 Å². The number of benzene rings is 1. The van der Waals surface area contributed by atoms with Gasteiger partial charge in [-0.2, -0.15) is 5.10 Å². The average molecular weight is 425 g/mol. The molecule has 1 aromatic heterocycles. The number of aromatic amines is 1. The molecule has 7 nitrogen and oxygen atoms in total. The quantitative estimate of drug-likeness (QED) is 0.652. The highest BCUT2D eigenvalue weighted by atomic mass is 16.6. The van der Waals surface area contributed by atoms with Gasteiger partial charge >= 0.3 is 6.09 Å². The van der Waals surface area contributed by atoms with Crippen LogP contribution in [0.4, 0.5) is 10.5 Å². The van der Waals surface area contributed by atoms with Crippen LogP contribution in [0.25, 0.3) is 11.1 Å². The molecule has 0 saturated heterocycles. The minimum absolute atomic E-state index is 0.0629. The molecule has 7 heteroatoms. The lowest BCUT2D eigenvalue weighted by Crippen LogP contribution is -2.49. The summed E-state index contributed by atoms with van der Waals surface area (Å²) in [4.78, 5) is 24.8. The Labute approximate surface area is 183 Å². The van der Waals surface area contributed by atoms with Crippen LogP contribution < -0.4 is 10.6 Å². The second-order valence-corrected chi connectivity index (χ2v) is 10.1. The second kappa shape index (κ2) is 8.36. The van der Waals surface area contributed by atoms with Gasteiger partial charge < -0.3 is 15.4 Å². The number of hydrogen-bond donors (Lipinski definition) is 3. The smallest absolute Gasteiger partial charge is 0.407 e. The normalized spacial score (nSPS) is 25.5. The van der Waals surface area contributed by atoms with Gasteiger partial charge in [-0.15, -0.1) is 0 Å². The molecule has 3 N–H and O–H groups in total. The largest absolute Gasteiger partial charge is 0.444 e. The number of ether oxygens (including phenoxy) is 1. The third-order valence-electron chi connectivity index (χ3n) is 6.46. The first-order valence-electron chi connectivity index (χ1n) is 11.1. The van der Waals surface area contributed by atoms with Gasteiger partial charge in [-0.1, -0.05) is 12.1 Å². The van der Waals surface area contributed by atoms with Crippen LogP contribution in [-0.2, 0) is 9.53 Å². The third-order valence-corrected chi connectivity index (χ3v) is 6.46. The zero-order valence-corrected chi connectivity index (χ0v) is 18.5. The number of H-pyrrole nitrogens is 1. The van der Waals surface area contributed by atoms with E-state index in [9.17, 15) is 9.59 Å². The van der Waals surface area contributed by atoms with E-state index in [0.717, 1.165) is 55.3 Å². The van der Waals surface area contributed by atoms with Gasteiger partial charge in [0.25, 0.3) is 0 Å². The average Bonchev–Trinajstić information content (AvgIpc) is 3.20. The molecule has 0 aliphatic heterocycles. The molecule has 0 unspecified atom stereocenters. The Morgan fingerprint density at radius 2 is 1.90 bits per heavy atom. The first-order valence-corrected chi connectivity index (χ1v) is 11.1. The second-order valence-electron chi connectivity index (χ2n) is 10.1. The summed E-state index contributed by atoms with van der Waals surface area (Å²) < 4.78 is 5.36. The van der Waals surface area contributed by atoms with Crippen LogP contribution in [0.15, 0.2) is 36.7 Å². The van der Waals surface area contributed by atoms with E-state index < -0.39 is 5.60 Å². The summed E-state index contributed by atoms with van der Waals surface area (Å²) in [6.07, 6.45) is 9.12. The standard InChI is InChI=1S/C24H32N4O3/c1-23(2,3)31-22(30)28-19-7-9-24(10-8-19)12-17(13-24)21(29)27-20-6-4-5-16(11-20)18-14-25-26-15-18/h4-6,11,14-15,17,19H,7-10,12-13H2,1-3H3,(H,25,26)(H,27,29)(H,28,30). The fourth-order valence-electron chi connectivity index (χ4n) is 4.86. The lowest BCUT2D eigenvalue weighted by atomic mass is 9.55.